The van der Waals surface area contributed by atoms with E-state index < -0.39 is 0 Å². The smallest absolute Gasteiger partial charge is 0.0872 e. The van der Waals surface area contributed by atoms with E-state index in [4.69, 9.17) is 4.74 Å². The maximum Gasteiger partial charge on any atom is 0.0872 e. The van der Waals surface area contributed by atoms with E-state index in [2.05, 4.69) is 37.4 Å². The normalized spacial score (nSPS) is 19.8. The molecule has 2 heteroatoms. The van der Waals surface area contributed by atoms with Gasteiger partial charge in [0.25, 0.3) is 0 Å². The molecule has 1 atom stereocenters. The average molecular weight is 233 g/mol. The number of nitrogens with one attached hydrogen (secondary N) is 1. The number of aryl methyl sites for hydroxylation is 2. The fourth-order valence-electron chi connectivity index (χ4n) is 2.99. The van der Waals surface area contributed by atoms with Crippen LogP contribution in [0.15, 0.2) is 18.2 Å². The van der Waals surface area contributed by atoms with Gasteiger partial charge in [-0.25, -0.2) is 0 Å². The van der Waals surface area contributed by atoms with Gasteiger partial charge in [-0.05, 0) is 51.3 Å². The van der Waals surface area contributed by atoms with E-state index in [0.29, 0.717) is 6.04 Å². The molecule has 0 radical (unpaired) electrons. The Kier molecular flexibility index (Phi) is 3.55. The first-order chi connectivity index (χ1) is 8.13. The van der Waals surface area contributed by atoms with Gasteiger partial charge in [-0.3, -0.25) is 0 Å². The van der Waals surface area contributed by atoms with E-state index >= 15 is 0 Å². The molecule has 0 bridgehead atoms. The van der Waals surface area contributed by atoms with Crippen molar-refractivity contribution in [3.05, 3.63) is 34.9 Å². The minimum absolute atomic E-state index is 0.00870. The van der Waals surface area contributed by atoms with Crippen LogP contribution in [0.1, 0.15) is 42.0 Å². The molecule has 0 aliphatic heterocycles. The van der Waals surface area contributed by atoms with Crippen LogP contribution in [-0.2, 0) is 4.74 Å². The van der Waals surface area contributed by atoms with Crippen molar-refractivity contribution in [2.24, 2.45) is 0 Å². The van der Waals surface area contributed by atoms with Crippen LogP contribution in [0.3, 0.4) is 0 Å². The number of benzene rings is 1. The summed E-state index contributed by atoms with van der Waals surface area (Å²) in [4.78, 5) is 0. The van der Waals surface area contributed by atoms with Crippen LogP contribution in [-0.4, -0.2) is 19.8 Å². The zero-order valence-electron chi connectivity index (χ0n) is 11.3. The lowest BCUT2D eigenvalue weighted by Gasteiger charge is -2.47. The predicted octanol–water partition coefficient (Wildman–Crippen LogP) is 3.13. The maximum absolute atomic E-state index is 5.80. The van der Waals surface area contributed by atoms with Crippen LogP contribution >= 0.6 is 0 Å². The lowest BCUT2D eigenvalue weighted by atomic mass is 9.71. The first-order valence-electron chi connectivity index (χ1n) is 6.42. The van der Waals surface area contributed by atoms with Crippen molar-refractivity contribution >= 4 is 0 Å². The largest absolute Gasteiger partial charge is 0.376 e. The molecule has 2 nitrogen and oxygen atoms in total. The summed E-state index contributed by atoms with van der Waals surface area (Å²) in [6.45, 7) is 4.33. The lowest BCUT2D eigenvalue weighted by Crippen LogP contribution is -2.49. The highest BCUT2D eigenvalue weighted by atomic mass is 16.5. The molecule has 1 fully saturated rings. The van der Waals surface area contributed by atoms with Crippen LogP contribution in [0, 0.1) is 13.8 Å². The fourth-order valence-corrected chi connectivity index (χ4v) is 2.99. The zero-order valence-corrected chi connectivity index (χ0v) is 11.3. The first-order valence-corrected chi connectivity index (χ1v) is 6.42. The van der Waals surface area contributed by atoms with Gasteiger partial charge in [0.1, 0.15) is 0 Å². The molecule has 1 aromatic rings. The van der Waals surface area contributed by atoms with Crippen molar-refractivity contribution in [2.45, 2.75) is 44.8 Å². The van der Waals surface area contributed by atoms with Crippen molar-refractivity contribution < 1.29 is 4.74 Å². The van der Waals surface area contributed by atoms with Gasteiger partial charge in [-0.15, -0.1) is 0 Å². The van der Waals surface area contributed by atoms with Crippen molar-refractivity contribution in [1.82, 2.24) is 5.32 Å². The highest BCUT2D eigenvalue weighted by molar-refractivity contribution is 5.35. The summed E-state index contributed by atoms with van der Waals surface area (Å²) in [5, 5.41) is 3.45. The van der Waals surface area contributed by atoms with Crippen LogP contribution in [0.25, 0.3) is 0 Å². The van der Waals surface area contributed by atoms with E-state index in [1.807, 2.05) is 14.2 Å². The molecule has 1 unspecified atom stereocenters. The first kappa shape index (κ1) is 12.6. The minimum Gasteiger partial charge on any atom is -0.376 e. The maximum atomic E-state index is 5.80. The van der Waals surface area contributed by atoms with E-state index in [1.165, 1.54) is 23.1 Å². The van der Waals surface area contributed by atoms with Crippen LogP contribution in [0.5, 0.6) is 0 Å². The summed E-state index contributed by atoms with van der Waals surface area (Å²) >= 11 is 0. The second-order valence-corrected chi connectivity index (χ2v) is 5.20. The van der Waals surface area contributed by atoms with Crippen molar-refractivity contribution in [2.75, 3.05) is 14.2 Å². The van der Waals surface area contributed by atoms with Gasteiger partial charge in [-0.1, -0.05) is 23.8 Å². The molecule has 94 valence electrons. The van der Waals surface area contributed by atoms with Gasteiger partial charge in [0.15, 0.2) is 0 Å². The quantitative estimate of drug-likeness (QED) is 0.862. The molecule has 1 aliphatic rings. The number of ether oxygens (including phenoxy) is 1. The lowest BCUT2D eigenvalue weighted by molar-refractivity contribution is -0.0984. The molecular formula is C15H23NO. The fraction of sp³-hybridized carbons (Fsp3) is 0.600. The Balaban J connectivity index is 2.35. The minimum atomic E-state index is 0.00870. The Morgan fingerprint density at radius 3 is 2.41 bits per heavy atom. The van der Waals surface area contributed by atoms with Gasteiger partial charge in [0.05, 0.1) is 11.6 Å². The number of hydrogen-bond donors (Lipinski definition) is 1. The molecule has 0 amide bonds. The molecular weight excluding hydrogens is 210 g/mol. The summed E-state index contributed by atoms with van der Waals surface area (Å²) in [5.74, 6) is 0. The Labute approximate surface area is 104 Å². The molecule has 1 N–H and O–H groups in total. The van der Waals surface area contributed by atoms with E-state index in [9.17, 15) is 0 Å². The molecule has 0 spiro atoms. The topological polar surface area (TPSA) is 21.3 Å². The molecule has 1 aromatic carbocycles. The second-order valence-electron chi connectivity index (χ2n) is 5.20. The Hall–Kier alpha value is -0.860. The molecule has 0 saturated heterocycles. The van der Waals surface area contributed by atoms with Gasteiger partial charge < -0.3 is 10.1 Å². The molecule has 1 saturated carbocycles. The summed E-state index contributed by atoms with van der Waals surface area (Å²) in [5.41, 5.74) is 4.06. The number of likely N-dealkylation sites (N-methyl/N-ethyl adjacent to an activating group) is 1. The zero-order chi connectivity index (χ0) is 12.5. The van der Waals surface area contributed by atoms with Crippen molar-refractivity contribution in [3.8, 4) is 0 Å². The predicted molar refractivity (Wildman–Crippen MR) is 71.3 cm³/mol. The standard InChI is InChI=1S/C15H23NO/c1-11-6-7-13(12(2)10-11)14(16-3)15(17-4)8-5-9-15/h6-7,10,14,16H,5,8-9H2,1-4H3. The number of hydrogen-bond acceptors (Lipinski definition) is 2. The monoisotopic (exact) mass is 233 g/mol. The molecule has 2 rings (SSSR count). The summed E-state index contributed by atoms with van der Waals surface area (Å²) in [6, 6.07) is 6.99. The third-order valence-electron chi connectivity index (χ3n) is 4.16. The van der Waals surface area contributed by atoms with Crippen LogP contribution in [0.2, 0.25) is 0 Å². The summed E-state index contributed by atoms with van der Waals surface area (Å²) in [7, 11) is 3.87. The second kappa shape index (κ2) is 4.79. The van der Waals surface area contributed by atoms with Crippen molar-refractivity contribution in [3.63, 3.8) is 0 Å². The van der Waals surface area contributed by atoms with Gasteiger partial charge in [0.2, 0.25) is 0 Å². The van der Waals surface area contributed by atoms with Crippen LogP contribution in [0.4, 0.5) is 0 Å². The number of rotatable bonds is 4. The van der Waals surface area contributed by atoms with Crippen molar-refractivity contribution in [1.29, 1.82) is 0 Å². The summed E-state index contributed by atoms with van der Waals surface area (Å²) in [6.07, 6.45) is 3.58. The highest BCUT2D eigenvalue weighted by Gasteiger charge is 2.44. The highest BCUT2D eigenvalue weighted by Crippen LogP contribution is 2.45. The Morgan fingerprint density at radius 1 is 1.29 bits per heavy atom. The SMILES string of the molecule is CNC(c1ccc(C)cc1C)C1(OC)CCC1. The van der Waals surface area contributed by atoms with E-state index in [1.54, 1.807) is 0 Å². The summed E-state index contributed by atoms with van der Waals surface area (Å²) < 4.78 is 5.80. The average Bonchev–Trinajstić information content (AvgIpc) is 2.24. The van der Waals surface area contributed by atoms with E-state index in [0.717, 1.165) is 12.8 Å². The Morgan fingerprint density at radius 2 is 2.00 bits per heavy atom. The van der Waals surface area contributed by atoms with Gasteiger partial charge in [0, 0.05) is 7.11 Å². The third-order valence-corrected chi connectivity index (χ3v) is 4.16. The van der Waals surface area contributed by atoms with Crippen LogP contribution < -0.4 is 5.32 Å². The number of methoxy groups -OCH3 is 1. The Bertz CT molecular complexity index is 390. The molecule has 0 heterocycles. The van der Waals surface area contributed by atoms with Gasteiger partial charge >= 0.3 is 0 Å². The van der Waals surface area contributed by atoms with Gasteiger partial charge in [-0.2, -0.15) is 0 Å². The van der Waals surface area contributed by atoms with E-state index in [-0.39, 0.29) is 5.60 Å². The third kappa shape index (κ3) is 2.12. The molecule has 17 heavy (non-hydrogen) atoms. The molecule has 0 aromatic heterocycles. The molecule has 1 aliphatic carbocycles.